The van der Waals surface area contributed by atoms with Crippen molar-refractivity contribution in [2.24, 2.45) is 0 Å². The molecule has 2 heterocycles. The minimum Gasteiger partial charge on any atom is -0.489 e. The standard InChI is InChI=1S/C31H37N3O7/c1-5-14-39-27-19(2)15-23(16-20(27)3)28(36)32-21(4)30(38)34-13-9-12-25(34)29(37)33-24-17-26(35)41-31(24)40-18-22-10-7-6-8-11-22/h5-8,10-11,15-16,21,24-25,31H,1,9,12-14,17-18H2,2-4H3,(H,32,36)(H,33,37)/t21-,24-,25-,31?/m0/s1. The summed E-state index contributed by atoms with van der Waals surface area (Å²) in [5.74, 6) is -0.903. The van der Waals surface area contributed by atoms with Crippen LogP contribution in [0.15, 0.2) is 55.1 Å². The van der Waals surface area contributed by atoms with Gasteiger partial charge in [0.1, 0.15) is 30.5 Å². The van der Waals surface area contributed by atoms with E-state index in [0.717, 1.165) is 16.7 Å². The Labute approximate surface area is 240 Å². The Morgan fingerprint density at radius 1 is 1.17 bits per heavy atom. The highest BCUT2D eigenvalue weighted by atomic mass is 16.7. The number of amides is 3. The van der Waals surface area contributed by atoms with Gasteiger partial charge in [-0.3, -0.25) is 19.2 Å². The van der Waals surface area contributed by atoms with Crippen molar-refractivity contribution in [3.05, 3.63) is 77.4 Å². The van der Waals surface area contributed by atoms with Crippen LogP contribution in [0.1, 0.15) is 53.2 Å². The first-order valence-electron chi connectivity index (χ1n) is 13.8. The summed E-state index contributed by atoms with van der Waals surface area (Å²) in [6, 6.07) is 10.6. The monoisotopic (exact) mass is 563 g/mol. The van der Waals surface area contributed by atoms with Gasteiger partial charge >= 0.3 is 5.97 Å². The van der Waals surface area contributed by atoms with Crippen LogP contribution in [0.2, 0.25) is 0 Å². The van der Waals surface area contributed by atoms with Crippen molar-refractivity contribution in [3.8, 4) is 5.75 Å². The Balaban J connectivity index is 1.35. The number of rotatable bonds is 11. The summed E-state index contributed by atoms with van der Waals surface area (Å²) in [6.45, 7) is 9.93. The quantitative estimate of drug-likeness (QED) is 0.318. The van der Waals surface area contributed by atoms with Gasteiger partial charge in [-0.25, -0.2) is 0 Å². The van der Waals surface area contributed by atoms with E-state index in [1.807, 2.05) is 44.2 Å². The van der Waals surface area contributed by atoms with Crippen molar-refractivity contribution in [3.63, 3.8) is 0 Å². The average molecular weight is 564 g/mol. The number of hydrogen-bond donors (Lipinski definition) is 2. The summed E-state index contributed by atoms with van der Waals surface area (Å²) < 4.78 is 16.7. The van der Waals surface area contributed by atoms with Crippen molar-refractivity contribution in [1.82, 2.24) is 15.5 Å². The molecule has 10 nitrogen and oxygen atoms in total. The summed E-state index contributed by atoms with van der Waals surface area (Å²) in [6.07, 6.45) is 1.82. The second-order valence-corrected chi connectivity index (χ2v) is 10.4. The first-order valence-corrected chi connectivity index (χ1v) is 13.8. The minimum atomic E-state index is -0.920. The molecular formula is C31H37N3O7. The van der Waals surface area contributed by atoms with Gasteiger partial charge in [0.25, 0.3) is 5.91 Å². The molecule has 2 aromatic carbocycles. The van der Waals surface area contributed by atoms with Crippen LogP contribution in [0.3, 0.4) is 0 Å². The van der Waals surface area contributed by atoms with Crippen LogP contribution in [0, 0.1) is 13.8 Å². The highest BCUT2D eigenvalue weighted by Crippen LogP contribution is 2.26. The lowest BCUT2D eigenvalue weighted by Gasteiger charge is -2.28. The molecule has 10 heteroatoms. The number of aryl methyl sites for hydroxylation is 2. The number of ether oxygens (including phenoxy) is 3. The van der Waals surface area contributed by atoms with Gasteiger partial charge in [0.05, 0.1) is 13.0 Å². The van der Waals surface area contributed by atoms with Gasteiger partial charge in [-0.2, -0.15) is 0 Å². The van der Waals surface area contributed by atoms with Gasteiger partial charge in [-0.1, -0.05) is 43.0 Å². The zero-order chi connectivity index (χ0) is 29.5. The fraction of sp³-hybridized carbons (Fsp3) is 0.419. The van der Waals surface area contributed by atoms with E-state index in [4.69, 9.17) is 14.2 Å². The SMILES string of the molecule is C=CCOc1c(C)cc(C(=O)N[C@@H](C)C(=O)N2CCC[C@H]2C(=O)N[C@H]2CC(=O)OC2OCc2ccccc2)cc1C. The fourth-order valence-corrected chi connectivity index (χ4v) is 5.18. The van der Waals surface area contributed by atoms with E-state index in [2.05, 4.69) is 17.2 Å². The van der Waals surface area contributed by atoms with Crippen LogP contribution >= 0.6 is 0 Å². The van der Waals surface area contributed by atoms with Crippen molar-refractivity contribution in [2.45, 2.75) is 71.1 Å². The summed E-state index contributed by atoms with van der Waals surface area (Å²) in [7, 11) is 0. The number of carbonyl (C=O) groups excluding carboxylic acids is 4. The molecule has 2 aromatic rings. The predicted octanol–water partition coefficient (Wildman–Crippen LogP) is 2.95. The van der Waals surface area contributed by atoms with Gasteiger partial charge in [0.15, 0.2) is 0 Å². The number of cyclic esters (lactones) is 1. The van der Waals surface area contributed by atoms with Gasteiger partial charge in [0, 0.05) is 12.1 Å². The van der Waals surface area contributed by atoms with E-state index < -0.39 is 36.3 Å². The molecule has 0 aliphatic carbocycles. The number of benzene rings is 2. The fourth-order valence-electron chi connectivity index (χ4n) is 5.18. The topological polar surface area (TPSA) is 123 Å². The van der Waals surface area contributed by atoms with Crippen LogP contribution in [0.25, 0.3) is 0 Å². The first kappa shape index (κ1) is 29.8. The smallest absolute Gasteiger partial charge is 0.310 e. The maximum absolute atomic E-state index is 13.3. The molecule has 4 rings (SSSR count). The molecule has 0 aromatic heterocycles. The Morgan fingerprint density at radius 3 is 2.56 bits per heavy atom. The Morgan fingerprint density at radius 2 is 1.88 bits per heavy atom. The summed E-state index contributed by atoms with van der Waals surface area (Å²) in [5, 5.41) is 5.62. The zero-order valence-corrected chi connectivity index (χ0v) is 23.7. The van der Waals surface area contributed by atoms with E-state index in [0.29, 0.717) is 37.3 Å². The molecule has 2 fully saturated rings. The normalized spacial score (nSPS) is 20.7. The maximum Gasteiger partial charge on any atom is 0.310 e. The molecule has 0 radical (unpaired) electrons. The van der Waals surface area contributed by atoms with Crippen LogP contribution in [-0.4, -0.2) is 66.2 Å². The molecule has 3 amide bonds. The zero-order valence-electron chi connectivity index (χ0n) is 23.7. The highest BCUT2D eigenvalue weighted by molar-refractivity contribution is 5.99. The Kier molecular flexibility index (Phi) is 9.78. The molecule has 0 spiro atoms. The minimum absolute atomic E-state index is 0.0193. The third-order valence-corrected chi connectivity index (χ3v) is 7.17. The van der Waals surface area contributed by atoms with Gasteiger partial charge in [-0.15, -0.1) is 0 Å². The van der Waals surface area contributed by atoms with Gasteiger partial charge in [0.2, 0.25) is 18.1 Å². The molecule has 0 saturated carbocycles. The third kappa shape index (κ3) is 7.32. The molecule has 0 bridgehead atoms. The van der Waals surface area contributed by atoms with Crippen LogP contribution in [-0.2, 0) is 30.5 Å². The van der Waals surface area contributed by atoms with Gasteiger partial charge in [-0.05, 0) is 62.4 Å². The Hall–Kier alpha value is -4.18. The molecule has 4 atom stereocenters. The third-order valence-electron chi connectivity index (χ3n) is 7.17. The largest absolute Gasteiger partial charge is 0.489 e. The van der Waals surface area contributed by atoms with E-state index in [1.165, 1.54) is 4.90 Å². The maximum atomic E-state index is 13.3. The van der Waals surface area contributed by atoms with Crippen LogP contribution < -0.4 is 15.4 Å². The molecule has 41 heavy (non-hydrogen) atoms. The number of esters is 1. The molecule has 218 valence electrons. The molecular weight excluding hydrogens is 526 g/mol. The first-order chi connectivity index (χ1) is 19.7. The number of carbonyl (C=O) groups is 4. The van der Waals surface area contributed by atoms with Crippen LogP contribution in [0.5, 0.6) is 5.75 Å². The van der Waals surface area contributed by atoms with E-state index in [-0.39, 0.29) is 24.8 Å². The average Bonchev–Trinajstić information content (AvgIpc) is 3.58. The van der Waals surface area contributed by atoms with E-state index in [9.17, 15) is 19.2 Å². The molecule has 2 N–H and O–H groups in total. The van der Waals surface area contributed by atoms with Crippen LogP contribution in [0.4, 0.5) is 0 Å². The van der Waals surface area contributed by atoms with Gasteiger partial charge < -0.3 is 29.7 Å². The molecule has 2 saturated heterocycles. The lowest BCUT2D eigenvalue weighted by atomic mass is 10.0. The summed E-state index contributed by atoms with van der Waals surface area (Å²) >= 11 is 0. The van der Waals surface area contributed by atoms with Crippen molar-refractivity contribution in [2.75, 3.05) is 13.2 Å². The molecule has 1 unspecified atom stereocenters. The van der Waals surface area contributed by atoms with E-state index >= 15 is 0 Å². The Bertz CT molecular complexity index is 1270. The predicted molar refractivity (Wildman–Crippen MR) is 151 cm³/mol. The van der Waals surface area contributed by atoms with Crippen molar-refractivity contribution in [1.29, 1.82) is 0 Å². The second-order valence-electron chi connectivity index (χ2n) is 10.4. The number of nitrogens with one attached hydrogen (secondary N) is 2. The van der Waals surface area contributed by atoms with E-state index in [1.54, 1.807) is 25.1 Å². The number of likely N-dealkylation sites (tertiary alicyclic amines) is 1. The van der Waals surface area contributed by atoms with Crippen molar-refractivity contribution < 1.29 is 33.4 Å². The lowest BCUT2D eigenvalue weighted by molar-refractivity contribution is -0.168. The summed E-state index contributed by atoms with van der Waals surface area (Å²) in [4.78, 5) is 53.1. The van der Waals surface area contributed by atoms with Crippen molar-refractivity contribution >= 4 is 23.7 Å². The molecule has 2 aliphatic rings. The number of nitrogens with zero attached hydrogens (tertiary/aromatic N) is 1. The second kappa shape index (κ2) is 13.5. The lowest BCUT2D eigenvalue weighted by Crippen LogP contribution is -2.54. The number of hydrogen-bond acceptors (Lipinski definition) is 7. The molecule has 2 aliphatic heterocycles. The highest BCUT2D eigenvalue weighted by Gasteiger charge is 2.41. The summed E-state index contributed by atoms with van der Waals surface area (Å²) in [5.41, 5.74) is 2.92.